The van der Waals surface area contributed by atoms with Crippen LogP contribution < -0.4 is 5.32 Å². The molecule has 0 saturated carbocycles. The zero-order chi connectivity index (χ0) is 13.9. The lowest BCUT2D eigenvalue weighted by molar-refractivity contribution is 0.587. The summed E-state index contributed by atoms with van der Waals surface area (Å²) in [5, 5.41) is 3.29. The number of pyridine rings is 2. The third-order valence-corrected chi connectivity index (χ3v) is 3.03. The number of anilines is 1. The molecule has 3 heteroatoms. The van der Waals surface area contributed by atoms with Crippen LogP contribution in [0, 0.1) is 6.92 Å². The summed E-state index contributed by atoms with van der Waals surface area (Å²) in [4.78, 5) is 8.90. The van der Waals surface area contributed by atoms with Crippen molar-refractivity contribution < 1.29 is 0 Å². The van der Waals surface area contributed by atoms with Gasteiger partial charge in [-0.25, -0.2) is 4.98 Å². The van der Waals surface area contributed by atoms with Crippen LogP contribution in [0.1, 0.15) is 37.7 Å². The van der Waals surface area contributed by atoms with Crippen molar-refractivity contribution in [2.24, 2.45) is 0 Å². The van der Waals surface area contributed by atoms with Crippen LogP contribution >= 0.6 is 0 Å². The van der Waals surface area contributed by atoms with Crippen LogP contribution in [-0.4, -0.2) is 9.97 Å². The van der Waals surface area contributed by atoms with Gasteiger partial charge >= 0.3 is 0 Å². The van der Waals surface area contributed by atoms with Gasteiger partial charge in [0, 0.05) is 11.9 Å². The van der Waals surface area contributed by atoms with Crippen LogP contribution in [0.15, 0.2) is 36.5 Å². The summed E-state index contributed by atoms with van der Waals surface area (Å²) >= 11 is 0. The van der Waals surface area contributed by atoms with Crippen molar-refractivity contribution in [3.8, 4) is 0 Å². The molecule has 0 radical (unpaired) electrons. The summed E-state index contributed by atoms with van der Waals surface area (Å²) in [7, 11) is 0. The summed E-state index contributed by atoms with van der Waals surface area (Å²) in [6.45, 7) is 9.26. The van der Waals surface area contributed by atoms with E-state index in [0.717, 1.165) is 17.2 Å². The number of nitrogens with one attached hydrogen (secondary N) is 1. The standard InChI is InChI=1S/C16H21N3/c1-12-6-5-7-14(19-12)11-18-15-9-8-13(10-17-15)16(2,3)4/h5-10H,11H2,1-4H3,(H,17,18). The van der Waals surface area contributed by atoms with Gasteiger partial charge in [0.25, 0.3) is 0 Å². The molecule has 2 aromatic heterocycles. The van der Waals surface area contributed by atoms with E-state index in [1.807, 2.05) is 37.4 Å². The van der Waals surface area contributed by atoms with Crippen molar-refractivity contribution in [2.45, 2.75) is 39.7 Å². The maximum atomic E-state index is 4.45. The highest BCUT2D eigenvalue weighted by atomic mass is 15.0. The molecule has 0 aliphatic rings. The summed E-state index contributed by atoms with van der Waals surface area (Å²) in [5.41, 5.74) is 3.45. The van der Waals surface area contributed by atoms with Gasteiger partial charge in [-0.3, -0.25) is 4.98 Å². The fourth-order valence-electron chi connectivity index (χ4n) is 1.82. The molecule has 0 fully saturated rings. The summed E-state index contributed by atoms with van der Waals surface area (Å²) in [5.74, 6) is 0.885. The lowest BCUT2D eigenvalue weighted by Crippen LogP contribution is -2.12. The predicted molar refractivity (Wildman–Crippen MR) is 79.2 cm³/mol. The molecule has 0 amide bonds. The number of rotatable bonds is 3. The van der Waals surface area contributed by atoms with Gasteiger partial charge in [0.05, 0.1) is 12.2 Å². The normalized spacial score (nSPS) is 11.4. The van der Waals surface area contributed by atoms with E-state index in [4.69, 9.17) is 0 Å². The highest BCUT2D eigenvalue weighted by molar-refractivity contribution is 5.37. The van der Waals surface area contributed by atoms with Crippen molar-refractivity contribution in [2.75, 3.05) is 5.32 Å². The molecule has 0 unspecified atom stereocenters. The first-order valence-corrected chi connectivity index (χ1v) is 6.58. The molecule has 1 N–H and O–H groups in total. The largest absolute Gasteiger partial charge is 0.364 e. The maximum absolute atomic E-state index is 4.45. The van der Waals surface area contributed by atoms with Crippen LogP contribution in [-0.2, 0) is 12.0 Å². The molecular weight excluding hydrogens is 234 g/mol. The smallest absolute Gasteiger partial charge is 0.126 e. The molecule has 0 aromatic carbocycles. The van der Waals surface area contributed by atoms with E-state index in [2.05, 4.69) is 42.1 Å². The van der Waals surface area contributed by atoms with E-state index in [9.17, 15) is 0 Å². The Balaban J connectivity index is 2.01. The topological polar surface area (TPSA) is 37.8 Å². The average molecular weight is 255 g/mol. The van der Waals surface area contributed by atoms with Crippen LogP contribution in [0.5, 0.6) is 0 Å². The molecule has 2 rings (SSSR count). The van der Waals surface area contributed by atoms with E-state index in [-0.39, 0.29) is 5.41 Å². The minimum atomic E-state index is 0.142. The van der Waals surface area contributed by atoms with Gasteiger partial charge in [0.2, 0.25) is 0 Å². The van der Waals surface area contributed by atoms with Crippen molar-refractivity contribution >= 4 is 5.82 Å². The lowest BCUT2D eigenvalue weighted by atomic mass is 9.88. The molecule has 0 atom stereocenters. The third kappa shape index (κ3) is 3.78. The van der Waals surface area contributed by atoms with E-state index in [1.54, 1.807) is 0 Å². The Morgan fingerprint density at radius 2 is 1.89 bits per heavy atom. The van der Waals surface area contributed by atoms with Crippen LogP contribution in [0.25, 0.3) is 0 Å². The van der Waals surface area contributed by atoms with Gasteiger partial charge < -0.3 is 5.32 Å². The van der Waals surface area contributed by atoms with E-state index in [1.165, 1.54) is 5.56 Å². The Labute approximate surface area is 115 Å². The molecule has 0 saturated heterocycles. The number of aryl methyl sites for hydroxylation is 1. The van der Waals surface area contributed by atoms with Gasteiger partial charge in [-0.05, 0) is 36.1 Å². The Kier molecular flexibility index (Phi) is 3.84. The Hall–Kier alpha value is -1.90. The molecule has 19 heavy (non-hydrogen) atoms. The molecule has 2 aromatic rings. The van der Waals surface area contributed by atoms with Gasteiger partial charge in [0.1, 0.15) is 5.82 Å². The number of hydrogen-bond acceptors (Lipinski definition) is 3. The quantitative estimate of drug-likeness (QED) is 0.908. The van der Waals surface area contributed by atoms with Crippen molar-refractivity contribution in [3.63, 3.8) is 0 Å². The fraction of sp³-hybridized carbons (Fsp3) is 0.375. The lowest BCUT2D eigenvalue weighted by Gasteiger charge is -2.18. The summed E-state index contributed by atoms with van der Waals surface area (Å²) in [6, 6.07) is 10.2. The average Bonchev–Trinajstić information content (AvgIpc) is 2.36. The van der Waals surface area contributed by atoms with Gasteiger partial charge in [-0.1, -0.05) is 32.9 Å². The molecule has 0 spiro atoms. The van der Waals surface area contributed by atoms with Gasteiger partial charge in [-0.2, -0.15) is 0 Å². The number of aromatic nitrogens is 2. The molecule has 100 valence electrons. The predicted octanol–water partition coefficient (Wildman–Crippen LogP) is 3.69. The Morgan fingerprint density at radius 3 is 2.47 bits per heavy atom. The zero-order valence-corrected chi connectivity index (χ0v) is 12.1. The summed E-state index contributed by atoms with van der Waals surface area (Å²) < 4.78 is 0. The fourth-order valence-corrected chi connectivity index (χ4v) is 1.82. The first-order valence-electron chi connectivity index (χ1n) is 6.58. The van der Waals surface area contributed by atoms with Crippen molar-refractivity contribution in [3.05, 3.63) is 53.5 Å². The van der Waals surface area contributed by atoms with Gasteiger partial charge in [0.15, 0.2) is 0 Å². The number of nitrogens with zero attached hydrogens (tertiary/aromatic N) is 2. The molecule has 0 aliphatic heterocycles. The molecule has 0 aliphatic carbocycles. The van der Waals surface area contributed by atoms with Crippen LogP contribution in [0.4, 0.5) is 5.82 Å². The SMILES string of the molecule is Cc1cccc(CNc2ccc(C(C)(C)C)cn2)n1. The molecule has 2 heterocycles. The van der Waals surface area contributed by atoms with Crippen LogP contribution in [0.2, 0.25) is 0 Å². The van der Waals surface area contributed by atoms with E-state index in [0.29, 0.717) is 6.54 Å². The molecule has 3 nitrogen and oxygen atoms in total. The number of hydrogen-bond donors (Lipinski definition) is 1. The van der Waals surface area contributed by atoms with E-state index >= 15 is 0 Å². The van der Waals surface area contributed by atoms with E-state index < -0.39 is 0 Å². The van der Waals surface area contributed by atoms with Crippen molar-refractivity contribution in [1.29, 1.82) is 0 Å². The second-order valence-corrected chi connectivity index (χ2v) is 5.81. The molecule has 0 bridgehead atoms. The van der Waals surface area contributed by atoms with Gasteiger partial charge in [-0.15, -0.1) is 0 Å². The third-order valence-electron chi connectivity index (χ3n) is 3.03. The highest BCUT2D eigenvalue weighted by Gasteiger charge is 2.13. The first-order chi connectivity index (χ1) is 8.95. The maximum Gasteiger partial charge on any atom is 0.126 e. The monoisotopic (exact) mass is 255 g/mol. The summed E-state index contributed by atoms with van der Waals surface area (Å²) in [6.07, 6.45) is 1.94. The molecular formula is C16H21N3. The van der Waals surface area contributed by atoms with Crippen molar-refractivity contribution in [1.82, 2.24) is 9.97 Å². The first kappa shape index (κ1) is 13.5. The highest BCUT2D eigenvalue weighted by Crippen LogP contribution is 2.21. The minimum Gasteiger partial charge on any atom is -0.364 e. The zero-order valence-electron chi connectivity index (χ0n) is 12.1. The second kappa shape index (κ2) is 5.39. The Morgan fingerprint density at radius 1 is 1.11 bits per heavy atom. The Bertz CT molecular complexity index is 539. The second-order valence-electron chi connectivity index (χ2n) is 5.81. The van der Waals surface area contributed by atoms with Crippen LogP contribution in [0.3, 0.4) is 0 Å². The minimum absolute atomic E-state index is 0.142.